The van der Waals surface area contributed by atoms with Crippen LogP contribution < -0.4 is 10.2 Å². The van der Waals surface area contributed by atoms with Gasteiger partial charge < -0.3 is 9.30 Å². The predicted molar refractivity (Wildman–Crippen MR) is 119 cm³/mol. The Morgan fingerprint density at radius 2 is 1.97 bits per heavy atom. The lowest BCUT2D eigenvalue weighted by Crippen LogP contribution is -2.24. The number of hydrogen-bond donors (Lipinski definition) is 1. The van der Waals surface area contributed by atoms with Crippen molar-refractivity contribution in [1.82, 2.24) is 9.99 Å². The summed E-state index contributed by atoms with van der Waals surface area (Å²) in [5.41, 5.74) is 6.73. The van der Waals surface area contributed by atoms with Crippen LogP contribution in [0.2, 0.25) is 5.02 Å². The third kappa shape index (κ3) is 5.10. The highest BCUT2D eigenvalue weighted by Crippen LogP contribution is 2.25. The van der Waals surface area contributed by atoms with Crippen molar-refractivity contribution in [3.8, 4) is 11.4 Å². The van der Waals surface area contributed by atoms with E-state index in [0.29, 0.717) is 10.8 Å². The number of ether oxygens (including phenoxy) is 1. The molecule has 0 unspecified atom stereocenters. The zero-order chi connectivity index (χ0) is 22.5. The second-order valence-corrected chi connectivity index (χ2v) is 7.31. The fourth-order valence-corrected chi connectivity index (χ4v) is 3.39. The van der Waals surface area contributed by atoms with E-state index in [1.165, 1.54) is 6.07 Å². The quantitative estimate of drug-likeness (QED) is 0.332. The first-order chi connectivity index (χ1) is 14.8. The van der Waals surface area contributed by atoms with Gasteiger partial charge in [0, 0.05) is 34.8 Å². The van der Waals surface area contributed by atoms with Crippen LogP contribution in [0.4, 0.5) is 5.69 Å². The minimum Gasteiger partial charge on any atom is -0.482 e. The van der Waals surface area contributed by atoms with E-state index in [4.69, 9.17) is 16.3 Å². The summed E-state index contributed by atoms with van der Waals surface area (Å²) in [6.07, 6.45) is 1.55. The molecule has 9 heteroatoms. The molecule has 2 aromatic carbocycles. The number of hydrazone groups is 1. The second kappa shape index (κ2) is 9.44. The lowest BCUT2D eigenvalue weighted by atomic mass is 10.1. The summed E-state index contributed by atoms with van der Waals surface area (Å²) in [6, 6.07) is 13.6. The van der Waals surface area contributed by atoms with Crippen molar-refractivity contribution in [2.24, 2.45) is 5.10 Å². The lowest BCUT2D eigenvalue weighted by Gasteiger charge is -2.12. The summed E-state index contributed by atoms with van der Waals surface area (Å²) in [6.45, 7) is 5.45. The Bertz CT molecular complexity index is 1170. The lowest BCUT2D eigenvalue weighted by molar-refractivity contribution is -0.384. The van der Waals surface area contributed by atoms with E-state index >= 15 is 0 Å². The predicted octanol–water partition coefficient (Wildman–Crippen LogP) is 4.49. The zero-order valence-corrected chi connectivity index (χ0v) is 18.0. The average molecular weight is 441 g/mol. The molecule has 0 bridgehead atoms. The van der Waals surface area contributed by atoms with Crippen LogP contribution in [0, 0.1) is 30.9 Å². The van der Waals surface area contributed by atoms with Gasteiger partial charge in [-0.15, -0.1) is 0 Å². The number of para-hydroxylation sites is 1. The van der Waals surface area contributed by atoms with Gasteiger partial charge in [-0.05, 0) is 50.6 Å². The van der Waals surface area contributed by atoms with Crippen molar-refractivity contribution in [2.45, 2.75) is 20.8 Å². The number of nitrogens with one attached hydrogen (secondary N) is 1. The molecule has 0 aliphatic rings. The molecule has 3 rings (SSSR count). The van der Waals surface area contributed by atoms with Crippen LogP contribution in [0.25, 0.3) is 5.69 Å². The number of carbonyl (C=O) groups is 1. The summed E-state index contributed by atoms with van der Waals surface area (Å²) in [5.74, 6) is 0.00139. The van der Waals surface area contributed by atoms with E-state index in [2.05, 4.69) is 10.5 Å². The van der Waals surface area contributed by atoms with Crippen molar-refractivity contribution in [1.29, 1.82) is 0 Å². The van der Waals surface area contributed by atoms with Gasteiger partial charge in [-0.25, -0.2) is 5.43 Å². The van der Waals surface area contributed by atoms with Gasteiger partial charge in [0.15, 0.2) is 6.61 Å². The summed E-state index contributed by atoms with van der Waals surface area (Å²) >= 11 is 5.99. The van der Waals surface area contributed by atoms with Crippen molar-refractivity contribution in [2.75, 3.05) is 6.61 Å². The number of non-ortho nitro benzene ring substituents is 1. The van der Waals surface area contributed by atoms with Gasteiger partial charge >= 0.3 is 0 Å². The van der Waals surface area contributed by atoms with Crippen molar-refractivity contribution in [3.05, 3.63) is 86.2 Å². The summed E-state index contributed by atoms with van der Waals surface area (Å²) in [7, 11) is 0. The number of nitro groups is 1. The summed E-state index contributed by atoms with van der Waals surface area (Å²) < 4.78 is 7.36. The van der Waals surface area contributed by atoms with Crippen molar-refractivity contribution < 1.29 is 14.5 Å². The Hall–Kier alpha value is -3.65. The van der Waals surface area contributed by atoms with Crippen molar-refractivity contribution in [3.63, 3.8) is 0 Å². The first kappa shape index (κ1) is 22.0. The third-order valence-electron chi connectivity index (χ3n) is 4.69. The van der Waals surface area contributed by atoms with Crippen LogP contribution in [-0.2, 0) is 4.79 Å². The molecule has 1 heterocycles. The highest BCUT2D eigenvalue weighted by Gasteiger charge is 2.14. The summed E-state index contributed by atoms with van der Waals surface area (Å²) in [4.78, 5) is 22.5. The van der Waals surface area contributed by atoms with Gasteiger partial charge in [-0.1, -0.05) is 23.7 Å². The number of benzene rings is 2. The number of nitrogens with zero attached hydrogens (tertiary/aromatic N) is 3. The van der Waals surface area contributed by atoms with Gasteiger partial charge in [-0.3, -0.25) is 14.9 Å². The van der Waals surface area contributed by atoms with Crippen LogP contribution in [0.1, 0.15) is 22.5 Å². The third-order valence-corrected chi connectivity index (χ3v) is 5.00. The highest BCUT2D eigenvalue weighted by atomic mass is 35.5. The molecule has 8 nitrogen and oxygen atoms in total. The molecule has 160 valence electrons. The molecule has 0 saturated carbocycles. The maximum absolute atomic E-state index is 12.0. The molecule has 0 radical (unpaired) electrons. The fourth-order valence-electron chi connectivity index (χ4n) is 3.20. The average Bonchev–Trinajstić information content (AvgIpc) is 3.00. The molecule has 0 aliphatic heterocycles. The standard InChI is InChI=1S/C22H21ClN4O4/c1-14-10-18(27(29)30)8-9-20(14)26-15(2)11-17(16(26)3)12-24-25-22(28)13-31-21-7-5-4-6-19(21)23/h4-12H,13H2,1-3H3,(H,25,28)/b24-12-. The maximum Gasteiger partial charge on any atom is 0.277 e. The monoisotopic (exact) mass is 440 g/mol. The van der Waals surface area contributed by atoms with E-state index in [1.807, 2.05) is 31.4 Å². The number of hydrogen-bond acceptors (Lipinski definition) is 5. The Balaban J connectivity index is 1.69. The first-order valence-electron chi connectivity index (χ1n) is 9.41. The molecule has 0 aliphatic carbocycles. The SMILES string of the molecule is Cc1cc([N+](=O)[O-])ccc1-n1c(C)cc(/C=N\NC(=O)COc2ccccc2Cl)c1C. The molecule has 31 heavy (non-hydrogen) atoms. The molecular formula is C22H21ClN4O4. The van der Waals surface area contributed by atoms with Gasteiger partial charge in [0.05, 0.1) is 16.2 Å². The fraction of sp³-hybridized carbons (Fsp3) is 0.182. The van der Waals surface area contributed by atoms with E-state index in [1.54, 1.807) is 42.6 Å². The zero-order valence-electron chi connectivity index (χ0n) is 17.3. The molecular weight excluding hydrogens is 420 g/mol. The smallest absolute Gasteiger partial charge is 0.277 e. The molecule has 0 fully saturated rings. The van der Waals surface area contributed by atoms with Gasteiger partial charge in [0.2, 0.25) is 0 Å². The molecule has 0 saturated heterocycles. The molecule has 3 aromatic rings. The highest BCUT2D eigenvalue weighted by molar-refractivity contribution is 6.32. The molecule has 1 N–H and O–H groups in total. The van der Waals surface area contributed by atoms with E-state index in [9.17, 15) is 14.9 Å². The number of halogens is 1. The van der Waals surface area contributed by atoms with Crippen LogP contribution >= 0.6 is 11.6 Å². The first-order valence-corrected chi connectivity index (χ1v) is 9.79. The normalized spacial score (nSPS) is 11.0. The molecule has 1 amide bonds. The Morgan fingerprint density at radius 3 is 2.65 bits per heavy atom. The van der Waals surface area contributed by atoms with Crippen LogP contribution in [0.5, 0.6) is 5.75 Å². The number of amides is 1. The minimum absolute atomic E-state index is 0.0484. The van der Waals surface area contributed by atoms with Crippen LogP contribution in [-0.4, -0.2) is 28.2 Å². The number of aryl methyl sites for hydroxylation is 2. The number of nitro benzene ring substituents is 1. The Labute approximate surface area is 184 Å². The van der Waals surface area contributed by atoms with Gasteiger partial charge in [0.1, 0.15) is 5.75 Å². The second-order valence-electron chi connectivity index (χ2n) is 6.90. The number of aromatic nitrogens is 1. The molecule has 0 atom stereocenters. The van der Waals surface area contributed by atoms with E-state index in [0.717, 1.165) is 28.2 Å². The summed E-state index contributed by atoms with van der Waals surface area (Å²) in [5, 5.41) is 15.4. The Kier molecular flexibility index (Phi) is 6.71. The van der Waals surface area contributed by atoms with Crippen LogP contribution in [0.3, 0.4) is 0 Å². The molecule has 0 spiro atoms. The topological polar surface area (TPSA) is 98.8 Å². The number of carbonyl (C=O) groups excluding carboxylic acids is 1. The van der Waals surface area contributed by atoms with Gasteiger partial charge in [-0.2, -0.15) is 5.10 Å². The van der Waals surface area contributed by atoms with E-state index < -0.39 is 10.8 Å². The van der Waals surface area contributed by atoms with Crippen molar-refractivity contribution >= 4 is 29.4 Å². The van der Waals surface area contributed by atoms with E-state index in [-0.39, 0.29) is 12.3 Å². The van der Waals surface area contributed by atoms with Gasteiger partial charge in [0.25, 0.3) is 11.6 Å². The molecule has 1 aromatic heterocycles. The largest absolute Gasteiger partial charge is 0.482 e. The maximum atomic E-state index is 12.0. The Morgan fingerprint density at radius 1 is 1.23 bits per heavy atom. The number of rotatable bonds is 7. The van der Waals surface area contributed by atoms with Crippen LogP contribution in [0.15, 0.2) is 53.6 Å². The minimum atomic E-state index is -0.420.